The van der Waals surface area contributed by atoms with Gasteiger partial charge >= 0.3 is 6.09 Å². The van der Waals surface area contributed by atoms with E-state index in [4.69, 9.17) is 21.7 Å². The van der Waals surface area contributed by atoms with Gasteiger partial charge in [-0.2, -0.15) is 0 Å². The molecular formula is C18H16FN5O3S. The van der Waals surface area contributed by atoms with Crippen LogP contribution in [0.1, 0.15) is 0 Å². The molecule has 0 aliphatic carbocycles. The van der Waals surface area contributed by atoms with Crippen molar-refractivity contribution < 1.29 is 18.7 Å². The van der Waals surface area contributed by atoms with Gasteiger partial charge in [-0.25, -0.2) is 13.9 Å². The van der Waals surface area contributed by atoms with Crippen molar-refractivity contribution in [2.75, 3.05) is 25.1 Å². The van der Waals surface area contributed by atoms with Gasteiger partial charge < -0.3 is 14.8 Å². The lowest BCUT2D eigenvalue weighted by molar-refractivity contribution is 0.142. The molecule has 1 saturated heterocycles. The van der Waals surface area contributed by atoms with Gasteiger partial charge in [-0.05, 0) is 42.5 Å². The molecule has 0 unspecified atom stereocenters. The maximum Gasteiger partial charge on any atom is 0.414 e. The highest BCUT2D eigenvalue weighted by atomic mass is 32.1. The van der Waals surface area contributed by atoms with Crippen molar-refractivity contribution >= 4 is 40.2 Å². The molecule has 1 atom stereocenters. The third-order valence-corrected chi connectivity index (χ3v) is 4.67. The Morgan fingerprint density at radius 1 is 1.39 bits per heavy atom. The first kappa shape index (κ1) is 18.1. The van der Waals surface area contributed by atoms with Crippen molar-refractivity contribution in [3.63, 3.8) is 0 Å². The normalized spacial score (nSPS) is 16.3. The number of ether oxygens (including phenoxy) is 2. The fraction of sp³-hybridized carbons (Fsp3) is 0.222. The van der Waals surface area contributed by atoms with Gasteiger partial charge in [-0.15, -0.1) is 5.10 Å². The molecule has 2 aromatic carbocycles. The van der Waals surface area contributed by atoms with E-state index in [2.05, 4.69) is 15.6 Å². The number of benzene rings is 2. The van der Waals surface area contributed by atoms with Crippen LogP contribution in [0.15, 0.2) is 42.5 Å². The summed E-state index contributed by atoms with van der Waals surface area (Å²) in [5.41, 5.74) is 1.99. The van der Waals surface area contributed by atoms with E-state index >= 15 is 0 Å². The lowest BCUT2D eigenvalue weighted by atomic mass is 10.2. The van der Waals surface area contributed by atoms with Crippen LogP contribution in [0.4, 0.5) is 14.9 Å². The molecule has 4 rings (SSSR count). The maximum absolute atomic E-state index is 14.8. The molecular weight excluding hydrogens is 385 g/mol. The summed E-state index contributed by atoms with van der Waals surface area (Å²) in [6.45, 7) is 0.573. The van der Waals surface area contributed by atoms with Crippen LogP contribution in [0.3, 0.4) is 0 Å². The highest BCUT2D eigenvalue weighted by Gasteiger charge is 2.32. The molecule has 0 bridgehead atoms. The molecule has 28 heavy (non-hydrogen) atoms. The zero-order valence-electron chi connectivity index (χ0n) is 14.8. The maximum atomic E-state index is 14.8. The van der Waals surface area contributed by atoms with Crippen molar-refractivity contribution in [2.24, 2.45) is 0 Å². The van der Waals surface area contributed by atoms with Crippen LogP contribution >= 0.6 is 12.2 Å². The number of nitrogens with one attached hydrogen (secondary N) is 1. The second kappa shape index (κ2) is 7.39. The van der Waals surface area contributed by atoms with Crippen LogP contribution in [-0.2, 0) is 9.47 Å². The number of hydrogen-bond acceptors (Lipinski definition) is 6. The zero-order valence-corrected chi connectivity index (χ0v) is 15.6. The number of hydrogen-bond donors (Lipinski definition) is 1. The molecule has 1 aromatic heterocycles. The van der Waals surface area contributed by atoms with E-state index in [1.807, 2.05) is 18.2 Å². The number of fused-ring (bicyclic) bond motifs is 1. The van der Waals surface area contributed by atoms with Gasteiger partial charge in [0.15, 0.2) is 5.82 Å². The largest absolute Gasteiger partial charge is 0.474 e. The van der Waals surface area contributed by atoms with Crippen molar-refractivity contribution in [3.05, 3.63) is 48.3 Å². The number of thiocarbonyl (C=S) groups is 1. The van der Waals surface area contributed by atoms with E-state index in [0.717, 1.165) is 0 Å². The number of amides is 1. The Morgan fingerprint density at radius 3 is 3.00 bits per heavy atom. The molecule has 1 fully saturated rings. The number of cyclic esters (lactones) is 1. The van der Waals surface area contributed by atoms with Crippen molar-refractivity contribution in [1.82, 2.24) is 20.3 Å². The van der Waals surface area contributed by atoms with E-state index in [1.54, 1.807) is 18.2 Å². The number of methoxy groups -OCH3 is 1. The Bertz CT molecular complexity index is 1060. The second-order valence-electron chi connectivity index (χ2n) is 6.11. The van der Waals surface area contributed by atoms with Crippen LogP contribution in [0, 0.1) is 5.82 Å². The number of nitrogens with zero attached hydrogens (tertiary/aromatic N) is 4. The summed E-state index contributed by atoms with van der Waals surface area (Å²) in [7, 11) is 1.45. The number of rotatable bonds is 4. The van der Waals surface area contributed by atoms with Crippen LogP contribution in [0.25, 0.3) is 16.7 Å². The first-order valence-corrected chi connectivity index (χ1v) is 8.88. The van der Waals surface area contributed by atoms with Gasteiger partial charge in [-0.1, -0.05) is 17.3 Å². The van der Waals surface area contributed by atoms with Crippen LogP contribution in [-0.4, -0.2) is 52.6 Å². The van der Waals surface area contributed by atoms with Crippen molar-refractivity contribution in [3.8, 4) is 5.69 Å². The van der Waals surface area contributed by atoms with Gasteiger partial charge in [0.05, 0.1) is 31.4 Å². The molecule has 2 heterocycles. The molecule has 10 heteroatoms. The summed E-state index contributed by atoms with van der Waals surface area (Å²) in [4.78, 5) is 13.5. The fourth-order valence-corrected chi connectivity index (χ4v) is 3.07. The van der Waals surface area contributed by atoms with Crippen molar-refractivity contribution in [1.29, 1.82) is 0 Å². The summed E-state index contributed by atoms with van der Waals surface area (Å²) in [5, 5.41) is 11.1. The third kappa shape index (κ3) is 3.33. The van der Waals surface area contributed by atoms with E-state index in [1.165, 1.54) is 22.8 Å². The summed E-state index contributed by atoms with van der Waals surface area (Å²) < 4.78 is 26.4. The monoisotopic (exact) mass is 401 g/mol. The van der Waals surface area contributed by atoms with Crippen molar-refractivity contribution in [2.45, 2.75) is 6.10 Å². The van der Waals surface area contributed by atoms with E-state index in [9.17, 15) is 9.18 Å². The number of aromatic nitrogens is 3. The quantitative estimate of drug-likeness (QED) is 0.673. The predicted octanol–water partition coefficient (Wildman–Crippen LogP) is 2.41. The Morgan fingerprint density at radius 2 is 2.21 bits per heavy atom. The number of halogens is 1. The number of carbonyl (C=O) groups is 1. The van der Waals surface area contributed by atoms with E-state index in [-0.39, 0.29) is 17.4 Å². The minimum absolute atomic E-state index is 0.213. The molecule has 0 radical (unpaired) electrons. The van der Waals surface area contributed by atoms with E-state index in [0.29, 0.717) is 23.3 Å². The summed E-state index contributed by atoms with van der Waals surface area (Å²) >= 11 is 4.90. The predicted molar refractivity (Wildman–Crippen MR) is 104 cm³/mol. The molecule has 144 valence electrons. The first-order valence-electron chi connectivity index (χ1n) is 8.47. The number of anilines is 1. The fourth-order valence-electron chi connectivity index (χ4n) is 2.99. The zero-order chi connectivity index (χ0) is 19.7. The number of carbonyl (C=O) groups excluding carboxylic acids is 1. The Labute approximate surface area is 164 Å². The lowest BCUT2D eigenvalue weighted by Gasteiger charge is -2.14. The molecule has 0 saturated carbocycles. The molecule has 1 N–H and O–H groups in total. The summed E-state index contributed by atoms with van der Waals surface area (Å²) in [6.07, 6.45) is -0.976. The van der Waals surface area contributed by atoms with E-state index < -0.39 is 18.0 Å². The average molecular weight is 401 g/mol. The highest BCUT2D eigenvalue weighted by Crippen LogP contribution is 2.26. The minimum atomic E-state index is -0.548. The Kier molecular flexibility index (Phi) is 4.78. The van der Waals surface area contributed by atoms with Gasteiger partial charge in [0.2, 0.25) is 0 Å². The average Bonchev–Trinajstić information content (AvgIpc) is 3.29. The van der Waals surface area contributed by atoms with Gasteiger partial charge in [-0.3, -0.25) is 4.90 Å². The molecule has 0 spiro atoms. The summed E-state index contributed by atoms with van der Waals surface area (Å²) in [6, 6.07) is 11.8. The molecule has 8 nitrogen and oxygen atoms in total. The molecule has 3 aromatic rings. The third-order valence-electron chi connectivity index (χ3n) is 4.36. The van der Waals surface area contributed by atoms with Gasteiger partial charge in [0.1, 0.15) is 17.3 Å². The lowest BCUT2D eigenvalue weighted by Crippen LogP contribution is -2.34. The Balaban J connectivity index is 1.55. The molecule has 1 amide bonds. The molecule has 1 aliphatic heterocycles. The minimum Gasteiger partial charge on any atom is -0.474 e. The standard InChI is InChI=1S/C18H16FN5O3S/c1-26-17(28)20-9-12-10-23(18(25)27-12)11-6-7-15(13(19)8-11)24-16-5-3-2-4-14(16)21-22-24/h2-8,12H,9-10H2,1H3,(H,20,28)/t12-/m0/s1. The highest BCUT2D eigenvalue weighted by molar-refractivity contribution is 7.80. The first-order chi connectivity index (χ1) is 13.6. The van der Waals surface area contributed by atoms with Crippen LogP contribution < -0.4 is 10.2 Å². The SMILES string of the molecule is COC(=S)NC[C@H]1CN(c2ccc(-n3nnc4ccccc43)c(F)c2)C(=O)O1. The smallest absolute Gasteiger partial charge is 0.414 e. The van der Waals surface area contributed by atoms with Crippen LogP contribution in [0.5, 0.6) is 0 Å². The number of para-hydroxylation sites is 1. The van der Waals surface area contributed by atoms with Crippen LogP contribution in [0.2, 0.25) is 0 Å². The Hall–Kier alpha value is -3.27. The summed E-state index contributed by atoms with van der Waals surface area (Å²) in [5.74, 6) is -0.525. The van der Waals surface area contributed by atoms with Gasteiger partial charge in [0.25, 0.3) is 5.17 Å². The topological polar surface area (TPSA) is 81.5 Å². The molecule has 1 aliphatic rings. The second-order valence-corrected chi connectivity index (χ2v) is 6.49. The van der Waals surface area contributed by atoms with Gasteiger partial charge in [0, 0.05) is 0 Å².